The molecule has 1 heterocycles. The van der Waals surface area contributed by atoms with Crippen LogP contribution < -0.4 is 11.1 Å². The number of carbonyl (C=O) groups is 1. The van der Waals surface area contributed by atoms with E-state index in [4.69, 9.17) is 5.73 Å². The summed E-state index contributed by atoms with van der Waals surface area (Å²) in [7, 11) is 0. The van der Waals surface area contributed by atoms with Gasteiger partial charge in [0.25, 0.3) is 5.91 Å². The molecule has 0 aliphatic carbocycles. The molecule has 4 nitrogen and oxygen atoms in total. The number of nitrogens with one attached hydrogen (secondary N) is 1. The topological polar surface area (TPSA) is 68.0 Å². The van der Waals surface area contributed by atoms with E-state index in [9.17, 15) is 4.79 Å². The van der Waals surface area contributed by atoms with Crippen molar-refractivity contribution in [1.29, 1.82) is 0 Å². The smallest absolute Gasteiger partial charge is 0.263 e. The first-order valence-electron chi connectivity index (χ1n) is 5.32. The minimum atomic E-state index is -0.137. The maximum Gasteiger partial charge on any atom is 0.263 e. The number of rotatable bonds is 3. The molecule has 0 aliphatic rings. The van der Waals surface area contributed by atoms with Gasteiger partial charge in [-0.05, 0) is 24.6 Å². The molecule has 3 N–H and O–H groups in total. The largest absolute Gasteiger partial charge is 0.375 e. The lowest BCUT2D eigenvalue weighted by molar-refractivity contribution is 0.0954. The molecule has 0 fully saturated rings. The van der Waals surface area contributed by atoms with E-state index in [2.05, 4.69) is 26.2 Å². The van der Waals surface area contributed by atoms with Gasteiger partial charge in [0.2, 0.25) is 0 Å². The second kappa shape index (κ2) is 5.49. The van der Waals surface area contributed by atoms with Crippen molar-refractivity contribution in [3.05, 3.63) is 44.9 Å². The number of nitrogen functional groups attached to an aromatic ring is 1. The van der Waals surface area contributed by atoms with Crippen LogP contribution in [-0.2, 0) is 6.54 Å². The standard InChI is InChI=1S/C12H12BrN3OS/c1-7-10(18-12(14)16-7)11(17)15-6-8-3-2-4-9(13)5-8/h2-5H,6H2,1H3,(H2,14,16)(H,15,17). The number of benzene rings is 1. The van der Waals surface area contributed by atoms with Crippen LogP contribution in [0.25, 0.3) is 0 Å². The van der Waals surface area contributed by atoms with E-state index in [0.717, 1.165) is 10.0 Å². The molecule has 0 aliphatic heterocycles. The summed E-state index contributed by atoms with van der Waals surface area (Å²) >= 11 is 4.60. The van der Waals surface area contributed by atoms with E-state index in [1.165, 1.54) is 11.3 Å². The molecule has 0 atom stereocenters. The summed E-state index contributed by atoms with van der Waals surface area (Å²) in [5.74, 6) is -0.137. The van der Waals surface area contributed by atoms with E-state index in [1.807, 2.05) is 24.3 Å². The zero-order valence-corrected chi connectivity index (χ0v) is 12.1. The molecule has 1 aromatic carbocycles. The molecule has 0 unspecified atom stereocenters. The van der Waals surface area contributed by atoms with Gasteiger partial charge in [-0.25, -0.2) is 4.98 Å². The molecule has 1 aromatic heterocycles. The predicted octanol–water partition coefficient (Wildman–Crippen LogP) is 2.73. The Balaban J connectivity index is 2.03. The summed E-state index contributed by atoms with van der Waals surface area (Å²) in [4.78, 5) is 16.5. The van der Waals surface area contributed by atoms with Crippen LogP contribution >= 0.6 is 27.3 Å². The second-order valence-corrected chi connectivity index (χ2v) is 5.73. The van der Waals surface area contributed by atoms with Gasteiger partial charge in [-0.1, -0.05) is 39.4 Å². The van der Waals surface area contributed by atoms with Crippen LogP contribution in [0.15, 0.2) is 28.7 Å². The Kier molecular flexibility index (Phi) is 3.98. The van der Waals surface area contributed by atoms with Crippen LogP contribution in [0.5, 0.6) is 0 Å². The molecule has 0 spiro atoms. The monoisotopic (exact) mass is 325 g/mol. The molecular weight excluding hydrogens is 314 g/mol. The quantitative estimate of drug-likeness (QED) is 0.911. The molecule has 0 saturated heterocycles. The van der Waals surface area contributed by atoms with Gasteiger partial charge in [0, 0.05) is 11.0 Å². The number of amides is 1. The fourth-order valence-electron chi connectivity index (χ4n) is 1.54. The van der Waals surface area contributed by atoms with E-state index in [0.29, 0.717) is 22.2 Å². The second-order valence-electron chi connectivity index (χ2n) is 3.78. The van der Waals surface area contributed by atoms with Crippen molar-refractivity contribution in [2.75, 3.05) is 5.73 Å². The fraction of sp³-hybridized carbons (Fsp3) is 0.167. The zero-order valence-electron chi connectivity index (χ0n) is 9.74. The summed E-state index contributed by atoms with van der Waals surface area (Å²) in [5.41, 5.74) is 7.27. The minimum Gasteiger partial charge on any atom is -0.375 e. The summed E-state index contributed by atoms with van der Waals surface area (Å²) in [6.07, 6.45) is 0. The van der Waals surface area contributed by atoms with Crippen LogP contribution in [0.2, 0.25) is 0 Å². The van der Waals surface area contributed by atoms with Gasteiger partial charge in [-0.3, -0.25) is 4.79 Å². The van der Waals surface area contributed by atoms with Gasteiger partial charge in [0.1, 0.15) is 4.88 Å². The lowest BCUT2D eigenvalue weighted by Gasteiger charge is -2.04. The van der Waals surface area contributed by atoms with Crippen LogP contribution in [0, 0.1) is 6.92 Å². The number of thiazole rings is 1. The molecule has 1 amide bonds. The van der Waals surface area contributed by atoms with Crippen molar-refractivity contribution in [2.45, 2.75) is 13.5 Å². The Morgan fingerprint density at radius 1 is 1.56 bits per heavy atom. The minimum absolute atomic E-state index is 0.137. The molecule has 2 rings (SSSR count). The Morgan fingerprint density at radius 2 is 2.33 bits per heavy atom. The lowest BCUT2D eigenvalue weighted by atomic mass is 10.2. The first kappa shape index (κ1) is 13.0. The highest BCUT2D eigenvalue weighted by Crippen LogP contribution is 2.19. The third kappa shape index (κ3) is 3.08. The maximum absolute atomic E-state index is 11.9. The number of nitrogens with two attached hydrogens (primary N) is 1. The van der Waals surface area contributed by atoms with Crippen LogP contribution in [0.3, 0.4) is 0 Å². The Morgan fingerprint density at radius 3 is 2.94 bits per heavy atom. The number of anilines is 1. The first-order valence-corrected chi connectivity index (χ1v) is 6.93. The van der Waals surface area contributed by atoms with Gasteiger partial charge in [0.05, 0.1) is 5.69 Å². The van der Waals surface area contributed by atoms with E-state index in [-0.39, 0.29) is 5.91 Å². The first-order chi connectivity index (χ1) is 8.56. The van der Waals surface area contributed by atoms with Gasteiger partial charge < -0.3 is 11.1 Å². The van der Waals surface area contributed by atoms with Crippen molar-refractivity contribution >= 4 is 38.3 Å². The normalized spacial score (nSPS) is 10.3. The van der Waals surface area contributed by atoms with Gasteiger partial charge in [-0.2, -0.15) is 0 Å². The van der Waals surface area contributed by atoms with Crippen LogP contribution in [-0.4, -0.2) is 10.9 Å². The number of hydrogen-bond acceptors (Lipinski definition) is 4. The third-order valence-corrected chi connectivity index (χ3v) is 3.84. The summed E-state index contributed by atoms with van der Waals surface area (Å²) < 4.78 is 0.993. The number of aromatic nitrogens is 1. The molecule has 6 heteroatoms. The fourth-order valence-corrected chi connectivity index (χ4v) is 2.73. The average Bonchev–Trinajstić information content (AvgIpc) is 2.66. The summed E-state index contributed by atoms with van der Waals surface area (Å²) in [5, 5.41) is 3.27. The Labute approximate surface area is 117 Å². The molecule has 0 radical (unpaired) electrons. The number of aryl methyl sites for hydroxylation is 1. The van der Waals surface area contributed by atoms with Gasteiger partial charge in [-0.15, -0.1) is 0 Å². The molecular formula is C12H12BrN3OS. The van der Waals surface area contributed by atoms with Crippen molar-refractivity contribution in [1.82, 2.24) is 10.3 Å². The summed E-state index contributed by atoms with van der Waals surface area (Å²) in [6, 6.07) is 7.80. The molecule has 94 valence electrons. The number of carbonyl (C=O) groups excluding carboxylic acids is 1. The van der Waals surface area contributed by atoms with Crippen molar-refractivity contribution in [3.8, 4) is 0 Å². The Bertz CT molecular complexity index is 582. The maximum atomic E-state index is 11.9. The molecule has 0 saturated carbocycles. The highest BCUT2D eigenvalue weighted by atomic mass is 79.9. The molecule has 0 bridgehead atoms. The molecule has 18 heavy (non-hydrogen) atoms. The highest BCUT2D eigenvalue weighted by Gasteiger charge is 2.13. The lowest BCUT2D eigenvalue weighted by Crippen LogP contribution is -2.22. The van der Waals surface area contributed by atoms with E-state index < -0.39 is 0 Å². The van der Waals surface area contributed by atoms with Crippen LogP contribution in [0.1, 0.15) is 20.9 Å². The van der Waals surface area contributed by atoms with Crippen LogP contribution in [0.4, 0.5) is 5.13 Å². The predicted molar refractivity (Wildman–Crippen MR) is 76.6 cm³/mol. The number of hydrogen-bond donors (Lipinski definition) is 2. The zero-order chi connectivity index (χ0) is 13.1. The van der Waals surface area contributed by atoms with Crippen molar-refractivity contribution in [2.24, 2.45) is 0 Å². The average molecular weight is 326 g/mol. The van der Waals surface area contributed by atoms with E-state index >= 15 is 0 Å². The number of halogens is 1. The number of nitrogens with zero attached hydrogens (tertiary/aromatic N) is 1. The van der Waals surface area contributed by atoms with Crippen molar-refractivity contribution < 1.29 is 4.79 Å². The third-order valence-electron chi connectivity index (χ3n) is 2.36. The summed E-state index contributed by atoms with van der Waals surface area (Å²) in [6.45, 7) is 2.26. The van der Waals surface area contributed by atoms with E-state index in [1.54, 1.807) is 6.92 Å². The van der Waals surface area contributed by atoms with Crippen molar-refractivity contribution in [3.63, 3.8) is 0 Å². The van der Waals surface area contributed by atoms with Gasteiger partial charge in [0.15, 0.2) is 5.13 Å². The van der Waals surface area contributed by atoms with Gasteiger partial charge >= 0.3 is 0 Å². The Hall–Kier alpha value is -1.40. The SMILES string of the molecule is Cc1nc(N)sc1C(=O)NCc1cccc(Br)c1. The molecule has 2 aromatic rings. The highest BCUT2D eigenvalue weighted by molar-refractivity contribution is 9.10.